The maximum absolute atomic E-state index is 12.4. The van der Waals surface area contributed by atoms with Gasteiger partial charge in [0, 0.05) is 30.4 Å². The van der Waals surface area contributed by atoms with Crippen LogP contribution in [-0.2, 0) is 6.54 Å². The number of fused-ring (bicyclic) bond motifs is 1. The summed E-state index contributed by atoms with van der Waals surface area (Å²) >= 11 is 0. The number of carbonyl (C=O) groups excluding carboxylic acids is 1. The van der Waals surface area contributed by atoms with Gasteiger partial charge in [-0.25, -0.2) is 4.98 Å². The second-order valence-corrected chi connectivity index (χ2v) is 4.77. The molecule has 0 aliphatic carbocycles. The van der Waals surface area contributed by atoms with Crippen molar-refractivity contribution in [3.8, 4) is 5.88 Å². The van der Waals surface area contributed by atoms with E-state index < -0.39 is 0 Å². The smallest absolute Gasteiger partial charge is 0.253 e. The molecule has 0 saturated carbocycles. The summed E-state index contributed by atoms with van der Waals surface area (Å²) in [5, 5.41) is 3.84. The summed E-state index contributed by atoms with van der Waals surface area (Å²) < 4.78 is 5.07. The summed E-state index contributed by atoms with van der Waals surface area (Å²) in [6.07, 6.45) is 3.34. The van der Waals surface area contributed by atoms with E-state index >= 15 is 0 Å². The van der Waals surface area contributed by atoms with Crippen molar-refractivity contribution in [1.29, 1.82) is 0 Å². The summed E-state index contributed by atoms with van der Waals surface area (Å²) in [6.45, 7) is 0.404. The van der Waals surface area contributed by atoms with E-state index in [0.29, 0.717) is 23.5 Å². The maximum atomic E-state index is 12.4. The molecule has 0 unspecified atom stereocenters. The second kappa shape index (κ2) is 6.22. The predicted octanol–water partition coefficient (Wildman–Crippen LogP) is 2.57. The van der Waals surface area contributed by atoms with Crippen LogP contribution < -0.4 is 10.1 Å². The van der Waals surface area contributed by atoms with Crippen molar-refractivity contribution >= 4 is 16.8 Å². The first-order valence-corrected chi connectivity index (χ1v) is 6.89. The van der Waals surface area contributed by atoms with Gasteiger partial charge in [-0.15, -0.1) is 0 Å². The van der Waals surface area contributed by atoms with Crippen LogP contribution in [0.3, 0.4) is 0 Å². The number of pyridine rings is 2. The molecule has 0 aliphatic rings. The zero-order valence-electron chi connectivity index (χ0n) is 12.1. The average Bonchev–Trinajstić information content (AvgIpc) is 2.59. The number of hydrogen-bond acceptors (Lipinski definition) is 4. The first-order chi connectivity index (χ1) is 10.8. The van der Waals surface area contributed by atoms with Gasteiger partial charge >= 0.3 is 0 Å². The van der Waals surface area contributed by atoms with Crippen molar-refractivity contribution in [3.05, 3.63) is 66.0 Å². The SMILES string of the molecule is COc1cc(CNC(=O)c2cccc3cccnc23)ccn1. The number of amides is 1. The molecule has 5 nitrogen and oxygen atoms in total. The second-order valence-electron chi connectivity index (χ2n) is 4.77. The number of nitrogens with zero attached hydrogens (tertiary/aromatic N) is 2. The Kier molecular flexibility index (Phi) is 3.96. The third-order valence-electron chi connectivity index (χ3n) is 3.34. The topological polar surface area (TPSA) is 64.1 Å². The Balaban J connectivity index is 1.79. The fourth-order valence-corrected chi connectivity index (χ4v) is 2.24. The largest absolute Gasteiger partial charge is 0.481 e. The maximum Gasteiger partial charge on any atom is 0.253 e. The fourth-order valence-electron chi connectivity index (χ4n) is 2.24. The minimum Gasteiger partial charge on any atom is -0.481 e. The van der Waals surface area contributed by atoms with E-state index in [1.165, 1.54) is 0 Å². The summed E-state index contributed by atoms with van der Waals surface area (Å²) in [5.74, 6) is 0.374. The van der Waals surface area contributed by atoms with Crippen LogP contribution in [0.2, 0.25) is 0 Å². The molecule has 0 spiro atoms. The fraction of sp³-hybridized carbons (Fsp3) is 0.118. The summed E-state index contributed by atoms with van der Waals surface area (Å²) in [5.41, 5.74) is 2.20. The van der Waals surface area contributed by atoms with E-state index in [0.717, 1.165) is 10.9 Å². The minimum absolute atomic E-state index is 0.153. The van der Waals surface area contributed by atoms with Gasteiger partial charge in [0.1, 0.15) is 0 Å². The molecule has 3 aromatic rings. The van der Waals surface area contributed by atoms with Gasteiger partial charge in [-0.2, -0.15) is 0 Å². The molecule has 0 atom stereocenters. The van der Waals surface area contributed by atoms with Crippen molar-refractivity contribution in [3.63, 3.8) is 0 Å². The molecular weight excluding hydrogens is 278 g/mol. The molecule has 1 amide bonds. The van der Waals surface area contributed by atoms with E-state index in [1.807, 2.05) is 30.3 Å². The third-order valence-corrected chi connectivity index (χ3v) is 3.34. The van der Waals surface area contributed by atoms with E-state index in [4.69, 9.17) is 4.74 Å². The number of aromatic nitrogens is 2. The number of nitrogens with one attached hydrogen (secondary N) is 1. The van der Waals surface area contributed by atoms with Crippen LogP contribution in [0.15, 0.2) is 54.9 Å². The lowest BCUT2D eigenvalue weighted by atomic mass is 10.1. The molecular formula is C17H15N3O2. The molecule has 1 aromatic carbocycles. The van der Waals surface area contributed by atoms with Crippen LogP contribution in [0.5, 0.6) is 5.88 Å². The van der Waals surface area contributed by atoms with Gasteiger partial charge in [0.05, 0.1) is 18.2 Å². The lowest BCUT2D eigenvalue weighted by Crippen LogP contribution is -2.23. The standard InChI is InChI=1S/C17H15N3O2/c1-22-15-10-12(7-9-18-15)11-20-17(21)14-6-2-4-13-5-3-8-19-16(13)14/h2-10H,11H2,1H3,(H,20,21). The predicted molar refractivity (Wildman–Crippen MR) is 83.7 cm³/mol. The highest BCUT2D eigenvalue weighted by Gasteiger charge is 2.10. The zero-order valence-corrected chi connectivity index (χ0v) is 12.1. The van der Waals surface area contributed by atoms with Crippen LogP contribution in [0.25, 0.3) is 10.9 Å². The van der Waals surface area contributed by atoms with Crippen molar-refractivity contribution < 1.29 is 9.53 Å². The Hall–Kier alpha value is -2.95. The van der Waals surface area contributed by atoms with Crippen molar-refractivity contribution in [2.75, 3.05) is 7.11 Å². The number of rotatable bonds is 4. The van der Waals surface area contributed by atoms with Crippen molar-refractivity contribution in [1.82, 2.24) is 15.3 Å². The summed E-state index contributed by atoms with van der Waals surface area (Å²) in [7, 11) is 1.56. The van der Waals surface area contributed by atoms with Crippen LogP contribution in [-0.4, -0.2) is 23.0 Å². The third kappa shape index (κ3) is 2.88. The molecule has 22 heavy (non-hydrogen) atoms. The van der Waals surface area contributed by atoms with E-state index in [1.54, 1.807) is 31.6 Å². The average molecular weight is 293 g/mol. The zero-order chi connectivity index (χ0) is 15.4. The number of carbonyl (C=O) groups is 1. The Bertz CT molecular complexity index is 812. The number of methoxy groups -OCH3 is 1. The first-order valence-electron chi connectivity index (χ1n) is 6.89. The molecule has 5 heteroatoms. The minimum atomic E-state index is -0.153. The van der Waals surface area contributed by atoms with Crippen molar-refractivity contribution in [2.24, 2.45) is 0 Å². The molecule has 2 heterocycles. The highest BCUT2D eigenvalue weighted by molar-refractivity contribution is 6.05. The Morgan fingerprint density at radius 2 is 2.00 bits per heavy atom. The van der Waals surface area contributed by atoms with E-state index in [2.05, 4.69) is 15.3 Å². The van der Waals surface area contributed by atoms with Gasteiger partial charge in [0.25, 0.3) is 5.91 Å². The molecule has 1 N–H and O–H groups in total. The molecule has 0 fully saturated rings. The van der Waals surface area contributed by atoms with Gasteiger partial charge < -0.3 is 10.1 Å². The Morgan fingerprint density at radius 1 is 1.14 bits per heavy atom. The molecule has 0 radical (unpaired) electrons. The van der Waals surface area contributed by atoms with E-state index in [9.17, 15) is 4.79 Å². The highest BCUT2D eigenvalue weighted by Crippen LogP contribution is 2.16. The lowest BCUT2D eigenvalue weighted by molar-refractivity contribution is 0.0952. The number of hydrogen-bond donors (Lipinski definition) is 1. The first kappa shape index (κ1) is 14.0. The number of para-hydroxylation sites is 1. The molecule has 0 saturated heterocycles. The van der Waals surface area contributed by atoms with E-state index in [-0.39, 0.29) is 5.91 Å². The highest BCUT2D eigenvalue weighted by atomic mass is 16.5. The Labute approximate surface area is 128 Å². The Morgan fingerprint density at radius 3 is 2.86 bits per heavy atom. The molecule has 3 rings (SSSR count). The van der Waals surface area contributed by atoms with Crippen molar-refractivity contribution in [2.45, 2.75) is 6.54 Å². The molecule has 0 bridgehead atoms. The summed E-state index contributed by atoms with van der Waals surface area (Å²) in [4.78, 5) is 20.7. The number of benzene rings is 1. The number of ether oxygens (including phenoxy) is 1. The molecule has 2 aromatic heterocycles. The lowest BCUT2D eigenvalue weighted by Gasteiger charge is -2.08. The molecule has 110 valence electrons. The van der Waals surface area contributed by atoms with Gasteiger partial charge in [0.15, 0.2) is 0 Å². The van der Waals surface area contributed by atoms with Crippen LogP contribution >= 0.6 is 0 Å². The van der Waals surface area contributed by atoms with Crippen LogP contribution in [0, 0.1) is 0 Å². The normalized spacial score (nSPS) is 10.4. The van der Waals surface area contributed by atoms with Gasteiger partial charge in [-0.05, 0) is 23.8 Å². The van der Waals surface area contributed by atoms with Crippen LogP contribution in [0.4, 0.5) is 0 Å². The quantitative estimate of drug-likeness (QED) is 0.803. The monoisotopic (exact) mass is 293 g/mol. The van der Waals surface area contributed by atoms with Crippen LogP contribution in [0.1, 0.15) is 15.9 Å². The van der Waals surface area contributed by atoms with Gasteiger partial charge in [-0.3, -0.25) is 9.78 Å². The van der Waals surface area contributed by atoms with Gasteiger partial charge in [0.2, 0.25) is 5.88 Å². The molecule has 0 aliphatic heterocycles. The van der Waals surface area contributed by atoms with Gasteiger partial charge in [-0.1, -0.05) is 18.2 Å². The summed E-state index contributed by atoms with van der Waals surface area (Å²) in [6, 6.07) is 13.0.